The zero-order valence-corrected chi connectivity index (χ0v) is 14.7. The van der Waals surface area contributed by atoms with E-state index in [1.165, 1.54) is 14.0 Å². The molecule has 0 atom stereocenters. The Morgan fingerprint density at radius 2 is 1.84 bits per heavy atom. The second-order valence-electron chi connectivity index (χ2n) is 6.16. The van der Waals surface area contributed by atoms with Crippen LogP contribution in [-0.4, -0.2) is 55.9 Å². The lowest BCUT2D eigenvalue weighted by atomic mass is 10.2. The highest BCUT2D eigenvalue weighted by Gasteiger charge is 2.23. The number of carbonyl (C=O) groups is 3. The summed E-state index contributed by atoms with van der Waals surface area (Å²) in [6, 6.07) is 5.27. The quantitative estimate of drug-likeness (QED) is 0.645. The minimum Gasteiger partial charge on any atom is -0.495 e. The maximum absolute atomic E-state index is 12.2. The second kappa shape index (κ2) is 8.48. The van der Waals surface area contributed by atoms with Gasteiger partial charge in [0.25, 0.3) is 0 Å². The molecule has 136 valence electrons. The van der Waals surface area contributed by atoms with Gasteiger partial charge in [-0.1, -0.05) is 0 Å². The zero-order valence-electron chi connectivity index (χ0n) is 14.7. The SMILES string of the molecule is COc1ccc(NC(C)=O)cc1NC(=O)CN(C)CC(=O)NC1CC1. The van der Waals surface area contributed by atoms with E-state index >= 15 is 0 Å². The van der Waals surface area contributed by atoms with Crippen molar-refractivity contribution >= 4 is 29.1 Å². The minimum absolute atomic E-state index is 0.0611. The monoisotopic (exact) mass is 348 g/mol. The van der Waals surface area contributed by atoms with E-state index in [-0.39, 0.29) is 30.8 Å². The molecule has 0 aromatic heterocycles. The van der Waals surface area contributed by atoms with Crippen LogP contribution in [0.3, 0.4) is 0 Å². The van der Waals surface area contributed by atoms with Crippen molar-refractivity contribution < 1.29 is 19.1 Å². The fourth-order valence-corrected chi connectivity index (χ4v) is 2.32. The Balaban J connectivity index is 1.91. The molecule has 0 unspecified atom stereocenters. The van der Waals surface area contributed by atoms with Crippen molar-refractivity contribution in [1.29, 1.82) is 0 Å². The Morgan fingerprint density at radius 1 is 1.16 bits per heavy atom. The fraction of sp³-hybridized carbons (Fsp3) is 0.471. The van der Waals surface area contributed by atoms with E-state index in [0.717, 1.165) is 12.8 Å². The molecule has 25 heavy (non-hydrogen) atoms. The zero-order chi connectivity index (χ0) is 18.4. The molecule has 3 N–H and O–H groups in total. The van der Waals surface area contributed by atoms with Crippen LogP contribution in [0.4, 0.5) is 11.4 Å². The van der Waals surface area contributed by atoms with E-state index in [1.807, 2.05) is 0 Å². The highest BCUT2D eigenvalue weighted by atomic mass is 16.5. The third-order valence-corrected chi connectivity index (χ3v) is 3.56. The predicted octanol–water partition coefficient (Wildman–Crippen LogP) is 0.802. The van der Waals surface area contributed by atoms with E-state index in [0.29, 0.717) is 23.2 Å². The van der Waals surface area contributed by atoms with Crippen molar-refractivity contribution in [2.75, 3.05) is 37.9 Å². The molecular formula is C17H24N4O4. The Bertz CT molecular complexity index is 658. The van der Waals surface area contributed by atoms with Gasteiger partial charge < -0.3 is 20.7 Å². The van der Waals surface area contributed by atoms with E-state index in [9.17, 15) is 14.4 Å². The first-order valence-corrected chi connectivity index (χ1v) is 8.10. The molecule has 0 radical (unpaired) electrons. The molecule has 0 saturated heterocycles. The summed E-state index contributed by atoms with van der Waals surface area (Å²) < 4.78 is 5.22. The summed E-state index contributed by atoms with van der Waals surface area (Å²) in [5, 5.41) is 8.27. The van der Waals surface area contributed by atoms with E-state index in [4.69, 9.17) is 4.74 Å². The first-order chi connectivity index (χ1) is 11.9. The number of anilines is 2. The van der Waals surface area contributed by atoms with Crippen molar-refractivity contribution in [3.63, 3.8) is 0 Å². The summed E-state index contributed by atoms with van der Waals surface area (Å²) in [6.07, 6.45) is 2.06. The standard InChI is InChI=1S/C17H24N4O4/c1-11(22)18-13-6-7-15(25-3)14(8-13)20-17(24)10-21(2)9-16(23)19-12-4-5-12/h6-8,12H,4-5,9-10H2,1-3H3,(H,18,22)(H,19,23)(H,20,24). The number of amides is 3. The van der Waals surface area contributed by atoms with Crippen LogP contribution in [0.15, 0.2) is 18.2 Å². The van der Waals surface area contributed by atoms with Crippen molar-refractivity contribution in [3.05, 3.63) is 18.2 Å². The van der Waals surface area contributed by atoms with Gasteiger partial charge in [-0.05, 0) is 38.1 Å². The van der Waals surface area contributed by atoms with Crippen molar-refractivity contribution in [3.8, 4) is 5.75 Å². The van der Waals surface area contributed by atoms with Gasteiger partial charge in [0.1, 0.15) is 5.75 Å². The predicted molar refractivity (Wildman–Crippen MR) is 94.6 cm³/mol. The van der Waals surface area contributed by atoms with Gasteiger partial charge in [-0.2, -0.15) is 0 Å². The second-order valence-corrected chi connectivity index (χ2v) is 6.16. The highest BCUT2D eigenvalue weighted by Crippen LogP contribution is 2.27. The van der Waals surface area contributed by atoms with Crippen LogP contribution >= 0.6 is 0 Å². The lowest BCUT2D eigenvalue weighted by Gasteiger charge is -2.17. The molecule has 2 rings (SSSR count). The molecule has 1 aromatic carbocycles. The summed E-state index contributed by atoms with van der Waals surface area (Å²) in [4.78, 5) is 36.8. The van der Waals surface area contributed by atoms with Crippen molar-refractivity contribution in [2.45, 2.75) is 25.8 Å². The molecular weight excluding hydrogens is 324 g/mol. The van der Waals surface area contributed by atoms with Gasteiger partial charge in [-0.25, -0.2) is 0 Å². The van der Waals surface area contributed by atoms with Gasteiger partial charge >= 0.3 is 0 Å². The molecule has 1 saturated carbocycles. The van der Waals surface area contributed by atoms with Gasteiger partial charge in [0.05, 0.1) is 25.9 Å². The number of hydrogen-bond acceptors (Lipinski definition) is 5. The third-order valence-electron chi connectivity index (χ3n) is 3.56. The van der Waals surface area contributed by atoms with Gasteiger partial charge in [-0.3, -0.25) is 19.3 Å². The van der Waals surface area contributed by atoms with Gasteiger partial charge in [0.2, 0.25) is 17.7 Å². The Morgan fingerprint density at radius 3 is 2.44 bits per heavy atom. The average Bonchev–Trinajstić information content (AvgIpc) is 3.30. The maximum Gasteiger partial charge on any atom is 0.238 e. The van der Waals surface area contributed by atoms with E-state index in [2.05, 4.69) is 16.0 Å². The molecule has 8 nitrogen and oxygen atoms in total. The molecule has 8 heteroatoms. The fourth-order valence-electron chi connectivity index (χ4n) is 2.32. The normalized spacial score (nSPS) is 13.3. The van der Waals surface area contributed by atoms with E-state index in [1.54, 1.807) is 30.1 Å². The smallest absolute Gasteiger partial charge is 0.238 e. The number of likely N-dealkylation sites (N-methyl/N-ethyl adjacent to an activating group) is 1. The Hall–Kier alpha value is -2.61. The Kier molecular flexibility index (Phi) is 6.35. The number of methoxy groups -OCH3 is 1. The summed E-state index contributed by atoms with van der Waals surface area (Å²) in [7, 11) is 3.20. The number of nitrogens with one attached hydrogen (secondary N) is 3. The molecule has 1 aliphatic rings. The molecule has 0 spiro atoms. The number of nitrogens with zero attached hydrogens (tertiary/aromatic N) is 1. The van der Waals surface area contributed by atoms with Gasteiger partial charge in [0, 0.05) is 18.7 Å². The van der Waals surface area contributed by atoms with Crippen LogP contribution in [0.1, 0.15) is 19.8 Å². The van der Waals surface area contributed by atoms with Crippen LogP contribution in [0.25, 0.3) is 0 Å². The third kappa shape index (κ3) is 6.42. The number of carbonyl (C=O) groups excluding carboxylic acids is 3. The lowest BCUT2D eigenvalue weighted by Crippen LogP contribution is -2.39. The van der Waals surface area contributed by atoms with E-state index < -0.39 is 0 Å². The van der Waals surface area contributed by atoms with Crippen molar-refractivity contribution in [1.82, 2.24) is 10.2 Å². The number of rotatable bonds is 8. The molecule has 1 aromatic rings. The van der Waals surface area contributed by atoms with Crippen molar-refractivity contribution in [2.24, 2.45) is 0 Å². The largest absolute Gasteiger partial charge is 0.495 e. The summed E-state index contributed by atoms with van der Waals surface area (Å²) in [5.41, 5.74) is 1.01. The lowest BCUT2D eigenvalue weighted by molar-refractivity contribution is -0.123. The molecule has 1 aliphatic carbocycles. The molecule has 0 bridgehead atoms. The molecule has 0 aliphatic heterocycles. The Labute approximate surface area is 146 Å². The first kappa shape index (κ1) is 18.7. The molecule has 0 heterocycles. The highest BCUT2D eigenvalue weighted by molar-refractivity contribution is 5.96. The summed E-state index contributed by atoms with van der Waals surface area (Å²) in [5.74, 6) is -0.0801. The van der Waals surface area contributed by atoms with Crippen LogP contribution < -0.4 is 20.7 Å². The maximum atomic E-state index is 12.2. The summed E-state index contributed by atoms with van der Waals surface area (Å²) >= 11 is 0. The van der Waals surface area contributed by atoms with Crippen LogP contribution in [-0.2, 0) is 14.4 Å². The van der Waals surface area contributed by atoms with Crippen LogP contribution in [0, 0.1) is 0 Å². The summed E-state index contributed by atoms with van der Waals surface area (Å²) in [6.45, 7) is 1.63. The number of ether oxygens (including phenoxy) is 1. The van der Waals surface area contributed by atoms with Crippen LogP contribution in [0.2, 0.25) is 0 Å². The van der Waals surface area contributed by atoms with Gasteiger partial charge in [0.15, 0.2) is 0 Å². The average molecular weight is 348 g/mol. The topological polar surface area (TPSA) is 99.8 Å². The molecule has 1 fully saturated rings. The first-order valence-electron chi connectivity index (χ1n) is 8.10. The number of benzene rings is 1. The van der Waals surface area contributed by atoms with Crippen LogP contribution in [0.5, 0.6) is 5.75 Å². The molecule has 3 amide bonds. The minimum atomic E-state index is -0.278. The van der Waals surface area contributed by atoms with Gasteiger partial charge in [-0.15, -0.1) is 0 Å². The number of hydrogen-bond donors (Lipinski definition) is 3.